The van der Waals surface area contributed by atoms with E-state index in [1.54, 1.807) is 24.3 Å². The second-order valence-corrected chi connectivity index (χ2v) is 3.25. The van der Waals surface area contributed by atoms with E-state index in [4.69, 9.17) is 0 Å². The predicted molar refractivity (Wildman–Crippen MR) is 54.8 cm³/mol. The van der Waals surface area contributed by atoms with Crippen molar-refractivity contribution in [2.24, 2.45) is 0 Å². The van der Waals surface area contributed by atoms with Crippen molar-refractivity contribution in [3.63, 3.8) is 0 Å². The van der Waals surface area contributed by atoms with Gasteiger partial charge in [-0.15, -0.1) is 0 Å². The lowest BCUT2D eigenvalue weighted by Gasteiger charge is -2.03. The van der Waals surface area contributed by atoms with Crippen molar-refractivity contribution >= 4 is 17.6 Å². The number of hydrogen-bond acceptors (Lipinski definition) is 2. The van der Waals surface area contributed by atoms with Crippen molar-refractivity contribution in [3.05, 3.63) is 29.8 Å². The first-order chi connectivity index (χ1) is 7.08. The molecule has 0 aromatic heterocycles. The summed E-state index contributed by atoms with van der Waals surface area (Å²) in [5, 5.41) is 12.8. The van der Waals surface area contributed by atoms with Crippen molar-refractivity contribution in [1.29, 1.82) is 0 Å². The number of carbonyl (C=O) groups is 2. The number of aryl methyl sites for hydroxylation is 1. The van der Waals surface area contributed by atoms with Crippen LogP contribution in [0.2, 0.25) is 0 Å². The van der Waals surface area contributed by atoms with Crippen LogP contribution in [0, 0.1) is 0 Å². The highest BCUT2D eigenvalue weighted by atomic mass is 16.4. The molecule has 1 aromatic carbocycles. The Kier molecular flexibility index (Phi) is 3.85. The lowest BCUT2D eigenvalue weighted by Crippen LogP contribution is -2.05. The molecule has 0 aliphatic carbocycles. The van der Waals surface area contributed by atoms with Gasteiger partial charge in [0.05, 0.1) is 6.42 Å². The summed E-state index contributed by atoms with van der Waals surface area (Å²) in [4.78, 5) is 20.9. The molecule has 1 aromatic rings. The molecular weight excluding hydrogens is 194 g/mol. The van der Waals surface area contributed by atoms with Crippen LogP contribution < -0.4 is 5.32 Å². The Labute approximate surface area is 87.9 Å². The van der Waals surface area contributed by atoms with Crippen molar-refractivity contribution < 1.29 is 14.7 Å². The second-order valence-electron chi connectivity index (χ2n) is 3.25. The Bertz CT molecular complexity index is 357. The summed E-state index contributed by atoms with van der Waals surface area (Å²) >= 11 is 0. The van der Waals surface area contributed by atoms with Gasteiger partial charge in [-0.25, -0.2) is 9.90 Å². The van der Waals surface area contributed by atoms with Crippen LogP contribution in [-0.4, -0.2) is 11.9 Å². The van der Waals surface area contributed by atoms with Crippen LogP contribution >= 0.6 is 0 Å². The minimum Gasteiger partial charge on any atom is -0.326 e. The molecule has 0 aliphatic rings. The summed E-state index contributed by atoms with van der Waals surface area (Å²) in [7, 11) is 0. The summed E-state index contributed by atoms with van der Waals surface area (Å²) in [5.41, 5.74) is 1.62. The summed E-state index contributed by atoms with van der Waals surface area (Å²) in [5.74, 6) is -1.18. The van der Waals surface area contributed by atoms with Crippen LogP contribution in [-0.2, 0) is 21.1 Å². The highest BCUT2D eigenvalue weighted by Gasteiger charge is 2.01. The van der Waals surface area contributed by atoms with Crippen molar-refractivity contribution in [1.82, 2.24) is 0 Å². The summed E-state index contributed by atoms with van der Waals surface area (Å²) in [6.45, 7) is 1.43. The number of amides is 1. The first-order valence-corrected chi connectivity index (χ1v) is 4.64. The maximum Gasteiger partial charge on any atom is 0.355 e. The standard InChI is InChI=1S/C11H12NO3/c1-8(13)12-10-5-2-9(3-6-10)4-7-11(14)15/h2-3,5-6H,4,7H2,1H3,(H,12,13). The van der Waals surface area contributed by atoms with E-state index in [1.807, 2.05) is 0 Å². The number of benzene rings is 1. The van der Waals surface area contributed by atoms with Gasteiger partial charge >= 0.3 is 5.97 Å². The molecule has 0 fully saturated rings. The SMILES string of the molecule is CC(=O)Nc1ccc(CCC([O])=O)cc1. The predicted octanol–water partition coefficient (Wildman–Crippen LogP) is 1.53. The Morgan fingerprint density at radius 2 is 1.80 bits per heavy atom. The van der Waals surface area contributed by atoms with Crippen molar-refractivity contribution in [2.45, 2.75) is 19.8 Å². The molecule has 0 bridgehead atoms. The van der Waals surface area contributed by atoms with E-state index in [1.165, 1.54) is 6.92 Å². The fourth-order valence-electron chi connectivity index (χ4n) is 1.20. The van der Waals surface area contributed by atoms with Crippen LogP contribution in [0.1, 0.15) is 18.9 Å². The Hall–Kier alpha value is -1.84. The molecule has 1 amide bonds. The lowest BCUT2D eigenvalue weighted by molar-refractivity contribution is -0.143. The van der Waals surface area contributed by atoms with Crippen LogP contribution in [0.5, 0.6) is 0 Å². The maximum absolute atomic E-state index is 10.7. The normalized spacial score (nSPS) is 9.67. The van der Waals surface area contributed by atoms with Gasteiger partial charge in [-0.3, -0.25) is 4.79 Å². The van der Waals surface area contributed by atoms with Crippen LogP contribution in [0.3, 0.4) is 0 Å². The summed E-state index contributed by atoms with van der Waals surface area (Å²) in [6, 6.07) is 7.06. The van der Waals surface area contributed by atoms with Gasteiger partial charge in [0.25, 0.3) is 0 Å². The highest BCUT2D eigenvalue weighted by molar-refractivity contribution is 5.88. The number of carbonyl (C=O) groups excluding carboxylic acids is 2. The molecule has 0 unspecified atom stereocenters. The van der Waals surface area contributed by atoms with E-state index in [0.717, 1.165) is 5.56 Å². The molecule has 0 spiro atoms. The molecule has 0 atom stereocenters. The molecule has 0 saturated carbocycles. The zero-order valence-electron chi connectivity index (χ0n) is 8.45. The van der Waals surface area contributed by atoms with Gasteiger partial charge in [0.1, 0.15) is 0 Å². The van der Waals surface area contributed by atoms with Crippen LogP contribution in [0.25, 0.3) is 0 Å². The average Bonchev–Trinajstić information content (AvgIpc) is 2.16. The Morgan fingerprint density at radius 3 is 2.27 bits per heavy atom. The summed E-state index contributed by atoms with van der Waals surface area (Å²) < 4.78 is 0. The first kappa shape index (κ1) is 11.2. The van der Waals surface area contributed by atoms with E-state index in [2.05, 4.69) is 5.32 Å². The van der Waals surface area contributed by atoms with Gasteiger partial charge in [-0.1, -0.05) is 12.1 Å². The van der Waals surface area contributed by atoms with E-state index in [-0.39, 0.29) is 12.3 Å². The van der Waals surface area contributed by atoms with E-state index in [0.29, 0.717) is 12.1 Å². The Morgan fingerprint density at radius 1 is 1.20 bits per heavy atom. The molecule has 0 aliphatic heterocycles. The van der Waals surface area contributed by atoms with Gasteiger partial charge in [0.15, 0.2) is 0 Å². The molecule has 1 N–H and O–H groups in total. The fourth-order valence-corrected chi connectivity index (χ4v) is 1.20. The van der Waals surface area contributed by atoms with Crippen LogP contribution in [0.15, 0.2) is 24.3 Å². The molecule has 15 heavy (non-hydrogen) atoms. The fraction of sp³-hybridized carbons (Fsp3) is 0.273. The van der Waals surface area contributed by atoms with E-state index < -0.39 is 5.97 Å². The molecule has 0 saturated heterocycles. The van der Waals surface area contributed by atoms with Gasteiger partial charge in [0.2, 0.25) is 5.91 Å². The van der Waals surface area contributed by atoms with Crippen LogP contribution in [0.4, 0.5) is 5.69 Å². The minimum atomic E-state index is -1.05. The number of rotatable bonds is 4. The van der Waals surface area contributed by atoms with Gasteiger partial charge in [-0.05, 0) is 24.1 Å². The second kappa shape index (κ2) is 5.14. The monoisotopic (exact) mass is 206 g/mol. The lowest BCUT2D eigenvalue weighted by atomic mass is 10.1. The molecule has 1 radical (unpaired) electrons. The molecule has 0 heterocycles. The number of nitrogens with one attached hydrogen (secondary N) is 1. The van der Waals surface area contributed by atoms with Gasteiger partial charge in [-0.2, -0.15) is 0 Å². The Balaban J connectivity index is 2.56. The zero-order valence-corrected chi connectivity index (χ0v) is 8.45. The van der Waals surface area contributed by atoms with Crippen molar-refractivity contribution in [2.75, 3.05) is 5.32 Å². The average molecular weight is 206 g/mol. The minimum absolute atomic E-state index is 0.0134. The third-order valence-corrected chi connectivity index (χ3v) is 1.89. The number of hydrogen-bond donors (Lipinski definition) is 1. The third-order valence-electron chi connectivity index (χ3n) is 1.89. The zero-order chi connectivity index (χ0) is 11.3. The van der Waals surface area contributed by atoms with E-state index >= 15 is 0 Å². The highest BCUT2D eigenvalue weighted by Crippen LogP contribution is 2.10. The van der Waals surface area contributed by atoms with Crippen molar-refractivity contribution in [3.8, 4) is 0 Å². The van der Waals surface area contributed by atoms with E-state index in [9.17, 15) is 14.7 Å². The maximum atomic E-state index is 10.7. The third kappa shape index (κ3) is 4.26. The quantitative estimate of drug-likeness (QED) is 0.811. The molecule has 4 nitrogen and oxygen atoms in total. The summed E-state index contributed by atoms with van der Waals surface area (Å²) in [6.07, 6.45) is 0.460. The smallest absolute Gasteiger partial charge is 0.326 e. The molecule has 79 valence electrons. The molecular formula is C11H12NO3. The first-order valence-electron chi connectivity index (χ1n) is 4.64. The topological polar surface area (TPSA) is 66.1 Å². The number of anilines is 1. The van der Waals surface area contributed by atoms with Gasteiger partial charge in [0, 0.05) is 12.6 Å². The largest absolute Gasteiger partial charge is 0.355 e. The molecule has 4 heteroatoms. The van der Waals surface area contributed by atoms with Gasteiger partial charge < -0.3 is 5.32 Å². The molecule has 1 rings (SSSR count).